The molecule has 0 aliphatic rings. The molecule has 0 unspecified atom stereocenters. The Morgan fingerprint density at radius 3 is 3.00 bits per heavy atom. The highest BCUT2D eigenvalue weighted by Crippen LogP contribution is 2.19. The number of aromatic amines is 1. The molecule has 2 rings (SSSR count). The van der Waals surface area contributed by atoms with E-state index in [1.807, 2.05) is 6.07 Å². The largest absolute Gasteiger partial charge is 0.366 e. The van der Waals surface area contributed by atoms with Gasteiger partial charge in [-0.15, -0.1) is 0 Å². The lowest BCUT2D eigenvalue weighted by atomic mass is 10.1. The summed E-state index contributed by atoms with van der Waals surface area (Å²) in [6.07, 6.45) is 1.50. The summed E-state index contributed by atoms with van der Waals surface area (Å²) in [7, 11) is 0. The topological polar surface area (TPSA) is 95.6 Å². The van der Waals surface area contributed by atoms with Crippen LogP contribution in [0.2, 0.25) is 0 Å². The lowest BCUT2D eigenvalue weighted by molar-refractivity contribution is 0.100. The van der Waals surface area contributed by atoms with E-state index in [4.69, 9.17) is 11.0 Å². The van der Waals surface area contributed by atoms with Gasteiger partial charge in [-0.05, 0) is 12.1 Å². The number of rotatable bonds is 1. The standard InChI is InChI=1S/C9H6N4O/c10-3-5-1-2-6(9(11)14)8-7(5)4-12-13-8/h1-2,4H,(H2,11,14)(H,12,13). The number of carbonyl (C=O) groups is 1. The minimum Gasteiger partial charge on any atom is -0.366 e. The molecule has 14 heavy (non-hydrogen) atoms. The zero-order valence-electron chi connectivity index (χ0n) is 7.11. The van der Waals surface area contributed by atoms with Crippen molar-refractivity contribution in [3.8, 4) is 6.07 Å². The number of nitrogens with one attached hydrogen (secondary N) is 1. The van der Waals surface area contributed by atoms with Gasteiger partial charge in [0.05, 0.1) is 28.9 Å². The van der Waals surface area contributed by atoms with Gasteiger partial charge in [-0.2, -0.15) is 10.4 Å². The summed E-state index contributed by atoms with van der Waals surface area (Å²) in [5.74, 6) is -0.538. The first-order valence-electron chi connectivity index (χ1n) is 3.90. The molecule has 68 valence electrons. The fourth-order valence-corrected chi connectivity index (χ4v) is 1.34. The molecule has 0 radical (unpaired) electrons. The predicted molar refractivity (Wildman–Crippen MR) is 49.3 cm³/mol. The Morgan fingerprint density at radius 2 is 2.36 bits per heavy atom. The Kier molecular flexibility index (Phi) is 1.68. The van der Waals surface area contributed by atoms with Crippen molar-refractivity contribution in [2.45, 2.75) is 0 Å². The van der Waals surface area contributed by atoms with Crippen molar-refractivity contribution in [1.82, 2.24) is 10.2 Å². The monoisotopic (exact) mass is 186 g/mol. The number of hydrogen-bond donors (Lipinski definition) is 2. The maximum atomic E-state index is 11.0. The number of amides is 1. The first kappa shape index (κ1) is 8.26. The van der Waals surface area contributed by atoms with Gasteiger partial charge in [0.15, 0.2) is 0 Å². The average Bonchev–Trinajstić information content (AvgIpc) is 2.64. The average molecular weight is 186 g/mol. The van der Waals surface area contributed by atoms with Crippen molar-refractivity contribution in [3.05, 3.63) is 29.5 Å². The van der Waals surface area contributed by atoms with Crippen LogP contribution in [-0.4, -0.2) is 16.1 Å². The molecule has 1 aromatic heterocycles. The van der Waals surface area contributed by atoms with Gasteiger partial charge in [0, 0.05) is 5.39 Å². The minimum atomic E-state index is -0.538. The molecule has 0 aliphatic carbocycles. The Bertz CT molecular complexity index is 549. The fraction of sp³-hybridized carbons (Fsp3) is 0. The Hall–Kier alpha value is -2.35. The maximum absolute atomic E-state index is 11.0. The molecule has 2 aromatic rings. The highest BCUT2D eigenvalue weighted by atomic mass is 16.1. The number of nitrogens with two attached hydrogens (primary N) is 1. The van der Waals surface area contributed by atoms with E-state index < -0.39 is 5.91 Å². The molecule has 0 spiro atoms. The number of fused-ring (bicyclic) bond motifs is 1. The van der Waals surface area contributed by atoms with Crippen molar-refractivity contribution in [3.63, 3.8) is 0 Å². The number of carbonyl (C=O) groups excluding carboxylic acids is 1. The van der Waals surface area contributed by atoms with E-state index in [9.17, 15) is 4.79 Å². The number of hydrogen-bond acceptors (Lipinski definition) is 3. The zero-order valence-corrected chi connectivity index (χ0v) is 7.11. The molecule has 1 heterocycles. The van der Waals surface area contributed by atoms with Crippen LogP contribution in [-0.2, 0) is 0 Å². The second-order valence-corrected chi connectivity index (χ2v) is 2.80. The zero-order chi connectivity index (χ0) is 10.1. The summed E-state index contributed by atoms with van der Waals surface area (Å²) in [5, 5.41) is 15.8. The number of nitriles is 1. The van der Waals surface area contributed by atoms with E-state index in [0.717, 1.165) is 0 Å². The van der Waals surface area contributed by atoms with Crippen molar-refractivity contribution in [2.75, 3.05) is 0 Å². The Labute approximate surface area is 79.1 Å². The first-order chi connectivity index (χ1) is 6.74. The first-order valence-corrected chi connectivity index (χ1v) is 3.90. The fourth-order valence-electron chi connectivity index (χ4n) is 1.34. The molecule has 3 N–H and O–H groups in total. The van der Waals surface area contributed by atoms with Crippen molar-refractivity contribution in [2.24, 2.45) is 5.73 Å². The van der Waals surface area contributed by atoms with E-state index in [-0.39, 0.29) is 0 Å². The summed E-state index contributed by atoms with van der Waals surface area (Å²) in [4.78, 5) is 11.0. The van der Waals surface area contributed by atoms with Gasteiger partial charge in [-0.25, -0.2) is 0 Å². The Balaban J connectivity index is 2.87. The molecule has 5 nitrogen and oxygen atoms in total. The summed E-state index contributed by atoms with van der Waals surface area (Å²) in [6.45, 7) is 0. The molecule has 0 saturated carbocycles. The van der Waals surface area contributed by atoms with Gasteiger partial charge in [0.1, 0.15) is 0 Å². The maximum Gasteiger partial charge on any atom is 0.250 e. The van der Waals surface area contributed by atoms with Crippen molar-refractivity contribution in [1.29, 1.82) is 5.26 Å². The van der Waals surface area contributed by atoms with Crippen LogP contribution in [0.4, 0.5) is 0 Å². The van der Waals surface area contributed by atoms with Crippen LogP contribution in [0.5, 0.6) is 0 Å². The summed E-state index contributed by atoms with van der Waals surface area (Å²) < 4.78 is 0. The summed E-state index contributed by atoms with van der Waals surface area (Å²) in [5.41, 5.74) is 6.49. The van der Waals surface area contributed by atoms with Crippen LogP contribution >= 0.6 is 0 Å². The quantitative estimate of drug-likeness (QED) is 0.680. The normalized spacial score (nSPS) is 9.93. The van der Waals surface area contributed by atoms with Crippen molar-refractivity contribution < 1.29 is 4.79 Å². The number of benzene rings is 1. The number of nitrogens with zero attached hydrogens (tertiary/aromatic N) is 2. The van der Waals surface area contributed by atoms with Crippen LogP contribution in [0.25, 0.3) is 10.9 Å². The molecule has 0 aliphatic heterocycles. The lowest BCUT2D eigenvalue weighted by Crippen LogP contribution is -2.11. The molecular formula is C9H6N4O. The van der Waals surface area contributed by atoms with E-state index in [2.05, 4.69) is 10.2 Å². The van der Waals surface area contributed by atoms with Crippen LogP contribution in [0.15, 0.2) is 18.3 Å². The molecule has 0 saturated heterocycles. The molecular weight excluding hydrogens is 180 g/mol. The van der Waals surface area contributed by atoms with Crippen LogP contribution in [0.3, 0.4) is 0 Å². The molecule has 5 heteroatoms. The van der Waals surface area contributed by atoms with Crippen molar-refractivity contribution >= 4 is 16.8 Å². The smallest absolute Gasteiger partial charge is 0.250 e. The second-order valence-electron chi connectivity index (χ2n) is 2.80. The molecule has 0 fully saturated rings. The van der Waals surface area contributed by atoms with Gasteiger partial charge in [-0.1, -0.05) is 0 Å². The van der Waals surface area contributed by atoms with Crippen LogP contribution < -0.4 is 5.73 Å². The van der Waals surface area contributed by atoms with Crippen LogP contribution in [0.1, 0.15) is 15.9 Å². The van der Waals surface area contributed by atoms with E-state index in [1.54, 1.807) is 6.07 Å². The third-order valence-electron chi connectivity index (χ3n) is 2.00. The Morgan fingerprint density at radius 1 is 1.57 bits per heavy atom. The molecule has 1 amide bonds. The summed E-state index contributed by atoms with van der Waals surface area (Å²) >= 11 is 0. The lowest BCUT2D eigenvalue weighted by Gasteiger charge is -1.98. The number of aromatic nitrogens is 2. The van der Waals surface area contributed by atoms with Gasteiger partial charge in [0.25, 0.3) is 5.91 Å². The highest BCUT2D eigenvalue weighted by molar-refractivity contribution is 6.05. The van der Waals surface area contributed by atoms with Gasteiger partial charge >= 0.3 is 0 Å². The predicted octanol–water partition coefficient (Wildman–Crippen LogP) is 0.533. The molecule has 0 atom stereocenters. The third kappa shape index (κ3) is 1.02. The van der Waals surface area contributed by atoms with Gasteiger partial charge in [0.2, 0.25) is 0 Å². The third-order valence-corrected chi connectivity index (χ3v) is 2.00. The van der Waals surface area contributed by atoms with E-state index in [0.29, 0.717) is 22.0 Å². The number of primary amides is 1. The highest BCUT2D eigenvalue weighted by Gasteiger charge is 2.10. The van der Waals surface area contributed by atoms with E-state index in [1.165, 1.54) is 12.3 Å². The molecule has 1 aromatic carbocycles. The van der Waals surface area contributed by atoms with Gasteiger partial charge in [-0.3, -0.25) is 9.89 Å². The molecule has 0 bridgehead atoms. The summed E-state index contributed by atoms with van der Waals surface area (Å²) in [6, 6.07) is 5.08. The minimum absolute atomic E-state index is 0.344. The van der Waals surface area contributed by atoms with E-state index >= 15 is 0 Å². The second kappa shape index (κ2) is 2.85. The SMILES string of the molecule is N#Cc1ccc(C(N)=O)c2[nH]ncc12. The van der Waals surface area contributed by atoms with Gasteiger partial charge < -0.3 is 5.73 Å². The van der Waals surface area contributed by atoms with Crippen LogP contribution in [0, 0.1) is 11.3 Å². The number of H-pyrrole nitrogens is 1.